The monoisotopic (exact) mass is 468 g/mol. The van der Waals surface area contributed by atoms with Crippen molar-refractivity contribution in [1.82, 2.24) is 0 Å². The SMILES string of the molecule is O=C1CC(c2ccccc2Cl)CC2=C1C(c1ccc(Cl)cc1Cl)Nc1ccccc1N2. The second kappa shape index (κ2) is 8.23. The Morgan fingerprint density at radius 2 is 1.52 bits per heavy atom. The maximum atomic E-state index is 13.5. The molecule has 31 heavy (non-hydrogen) atoms. The van der Waals surface area contributed by atoms with Gasteiger partial charge in [0, 0.05) is 32.8 Å². The van der Waals surface area contributed by atoms with Gasteiger partial charge in [0.2, 0.25) is 0 Å². The summed E-state index contributed by atoms with van der Waals surface area (Å²) in [5.74, 6) is 0.0917. The van der Waals surface area contributed by atoms with Crippen molar-refractivity contribution in [2.45, 2.75) is 24.8 Å². The third kappa shape index (κ3) is 3.82. The average molecular weight is 470 g/mol. The molecule has 0 aromatic heterocycles. The van der Waals surface area contributed by atoms with Crippen LogP contribution in [0.1, 0.15) is 35.9 Å². The molecule has 0 amide bonds. The van der Waals surface area contributed by atoms with Gasteiger partial charge >= 0.3 is 0 Å². The van der Waals surface area contributed by atoms with Gasteiger partial charge in [-0.15, -0.1) is 0 Å². The summed E-state index contributed by atoms with van der Waals surface area (Å²) >= 11 is 19.2. The van der Waals surface area contributed by atoms with Crippen LogP contribution in [0.4, 0.5) is 11.4 Å². The number of Topliss-reactive ketones (excluding diaryl/α,β-unsaturated/α-hetero) is 1. The summed E-state index contributed by atoms with van der Waals surface area (Å²) in [5.41, 5.74) is 5.27. The van der Waals surface area contributed by atoms with Crippen LogP contribution in [0.25, 0.3) is 0 Å². The van der Waals surface area contributed by atoms with Crippen molar-refractivity contribution >= 4 is 52.0 Å². The van der Waals surface area contributed by atoms with E-state index in [2.05, 4.69) is 10.6 Å². The van der Waals surface area contributed by atoms with E-state index in [9.17, 15) is 4.79 Å². The number of ketones is 1. The second-order valence-corrected chi connectivity index (χ2v) is 9.11. The van der Waals surface area contributed by atoms with Gasteiger partial charge in [-0.2, -0.15) is 0 Å². The van der Waals surface area contributed by atoms with Gasteiger partial charge in [0.15, 0.2) is 5.78 Å². The molecule has 0 bridgehead atoms. The zero-order valence-electron chi connectivity index (χ0n) is 16.5. The number of hydrogen-bond donors (Lipinski definition) is 2. The molecule has 5 rings (SSSR count). The maximum absolute atomic E-state index is 13.5. The van der Waals surface area contributed by atoms with E-state index in [0.717, 1.165) is 28.2 Å². The first-order valence-corrected chi connectivity index (χ1v) is 11.2. The normalized spacial score (nSPS) is 20.3. The molecule has 2 atom stereocenters. The van der Waals surface area contributed by atoms with E-state index < -0.39 is 0 Å². The van der Waals surface area contributed by atoms with Gasteiger partial charge in [-0.1, -0.05) is 71.2 Å². The van der Waals surface area contributed by atoms with E-state index >= 15 is 0 Å². The molecule has 3 aromatic carbocycles. The lowest BCUT2D eigenvalue weighted by molar-refractivity contribution is -0.116. The summed E-state index contributed by atoms with van der Waals surface area (Å²) in [4.78, 5) is 13.5. The molecule has 1 aliphatic carbocycles. The van der Waals surface area contributed by atoms with E-state index in [1.807, 2.05) is 54.6 Å². The fourth-order valence-corrected chi connectivity index (χ4v) is 5.29. The van der Waals surface area contributed by atoms with E-state index in [1.165, 1.54) is 0 Å². The van der Waals surface area contributed by atoms with E-state index in [1.54, 1.807) is 12.1 Å². The van der Waals surface area contributed by atoms with Crippen molar-refractivity contribution in [2.24, 2.45) is 0 Å². The number of nitrogens with one attached hydrogen (secondary N) is 2. The number of allylic oxidation sites excluding steroid dienone is 1. The fraction of sp³-hybridized carbons (Fsp3) is 0.160. The first-order chi connectivity index (χ1) is 15.0. The minimum Gasteiger partial charge on any atom is -0.372 e. The van der Waals surface area contributed by atoms with Crippen molar-refractivity contribution in [2.75, 3.05) is 10.6 Å². The summed E-state index contributed by atoms with van der Waals surface area (Å²) < 4.78 is 0. The van der Waals surface area contributed by atoms with Gasteiger partial charge in [-0.05, 0) is 53.8 Å². The Kier molecular flexibility index (Phi) is 5.43. The largest absolute Gasteiger partial charge is 0.372 e. The van der Waals surface area contributed by atoms with Gasteiger partial charge in [-0.3, -0.25) is 4.79 Å². The second-order valence-electron chi connectivity index (χ2n) is 7.86. The Labute approximate surface area is 196 Å². The molecule has 0 spiro atoms. The standard InChI is InChI=1S/C25H19Cl3N2O/c26-15-9-10-17(19(28)13-15)25-24-22(29-20-7-3-4-8-21(20)30-25)11-14(12-23(24)31)16-5-1-2-6-18(16)27/h1-10,13-14,25,29-30H,11-12H2. The highest BCUT2D eigenvalue weighted by Crippen LogP contribution is 2.46. The first kappa shape index (κ1) is 20.4. The summed E-state index contributed by atoms with van der Waals surface area (Å²) in [5, 5.41) is 8.84. The summed E-state index contributed by atoms with van der Waals surface area (Å²) in [7, 11) is 0. The molecule has 0 saturated carbocycles. The van der Waals surface area contributed by atoms with Crippen LogP contribution >= 0.6 is 34.8 Å². The molecule has 3 aromatic rings. The zero-order chi connectivity index (χ0) is 21.5. The number of rotatable bonds is 2. The number of para-hydroxylation sites is 2. The Hall–Kier alpha value is -2.46. The molecule has 2 aliphatic rings. The maximum Gasteiger partial charge on any atom is 0.163 e. The van der Waals surface area contributed by atoms with Crippen LogP contribution in [0.5, 0.6) is 0 Å². The van der Waals surface area contributed by atoms with Crippen LogP contribution in [-0.2, 0) is 4.79 Å². The smallest absolute Gasteiger partial charge is 0.163 e. The highest BCUT2D eigenvalue weighted by molar-refractivity contribution is 6.35. The molecule has 2 N–H and O–H groups in total. The number of fused-ring (bicyclic) bond motifs is 1. The van der Waals surface area contributed by atoms with Crippen molar-refractivity contribution in [3.63, 3.8) is 0 Å². The molecule has 3 nitrogen and oxygen atoms in total. The molecule has 0 radical (unpaired) electrons. The van der Waals surface area contributed by atoms with Crippen LogP contribution in [0.2, 0.25) is 15.1 Å². The van der Waals surface area contributed by atoms with Crippen molar-refractivity contribution < 1.29 is 4.79 Å². The zero-order valence-corrected chi connectivity index (χ0v) is 18.7. The van der Waals surface area contributed by atoms with Crippen LogP contribution in [0.3, 0.4) is 0 Å². The quantitative estimate of drug-likeness (QED) is 0.405. The minimum absolute atomic E-state index is 0.0130. The predicted molar refractivity (Wildman–Crippen MR) is 128 cm³/mol. The third-order valence-corrected chi connectivity index (χ3v) is 6.83. The van der Waals surface area contributed by atoms with E-state index in [4.69, 9.17) is 34.8 Å². The average Bonchev–Trinajstić information content (AvgIpc) is 2.91. The Morgan fingerprint density at radius 1 is 0.774 bits per heavy atom. The van der Waals surface area contributed by atoms with Crippen molar-refractivity contribution in [3.8, 4) is 0 Å². The lowest BCUT2D eigenvalue weighted by Gasteiger charge is -2.30. The summed E-state index contributed by atoms with van der Waals surface area (Å²) in [6, 6.07) is 20.7. The van der Waals surface area contributed by atoms with Gasteiger partial charge in [0.05, 0.1) is 17.4 Å². The Bertz CT molecular complexity index is 1220. The molecule has 2 unspecified atom stereocenters. The number of halogens is 3. The molecular weight excluding hydrogens is 451 g/mol. The number of anilines is 2. The number of carbonyl (C=O) groups is 1. The third-order valence-electron chi connectivity index (χ3n) is 5.93. The molecule has 156 valence electrons. The highest BCUT2D eigenvalue weighted by atomic mass is 35.5. The van der Waals surface area contributed by atoms with Gasteiger partial charge in [0.1, 0.15) is 0 Å². The summed E-state index contributed by atoms with van der Waals surface area (Å²) in [6.45, 7) is 0. The van der Waals surface area contributed by atoms with Crippen molar-refractivity contribution in [1.29, 1.82) is 0 Å². The number of carbonyl (C=O) groups excluding carboxylic acids is 1. The highest BCUT2D eigenvalue weighted by Gasteiger charge is 2.37. The van der Waals surface area contributed by atoms with Crippen molar-refractivity contribution in [3.05, 3.63) is 104 Å². The van der Waals surface area contributed by atoms with Crippen LogP contribution in [0.15, 0.2) is 78.0 Å². The molecule has 0 saturated heterocycles. The van der Waals surface area contributed by atoms with Crippen LogP contribution in [0, 0.1) is 0 Å². The molecule has 1 heterocycles. The molecule has 6 heteroatoms. The van der Waals surface area contributed by atoms with Gasteiger partial charge < -0.3 is 10.6 Å². The van der Waals surface area contributed by atoms with Crippen LogP contribution in [-0.4, -0.2) is 5.78 Å². The molecular formula is C25H19Cl3N2O. The Morgan fingerprint density at radius 3 is 2.29 bits per heavy atom. The van der Waals surface area contributed by atoms with Crippen LogP contribution < -0.4 is 10.6 Å². The predicted octanol–water partition coefficient (Wildman–Crippen LogP) is 7.63. The molecule has 0 fully saturated rings. The first-order valence-electron chi connectivity index (χ1n) is 10.1. The number of hydrogen-bond acceptors (Lipinski definition) is 3. The van der Waals surface area contributed by atoms with Gasteiger partial charge in [0.25, 0.3) is 0 Å². The topological polar surface area (TPSA) is 41.1 Å². The lowest BCUT2D eigenvalue weighted by Crippen LogP contribution is -2.27. The van der Waals surface area contributed by atoms with E-state index in [-0.39, 0.29) is 17.7 Å². The van der Waals surface area contributed by atoms with E-state index in [0.29, 0.717) is 33.5 Å². The molecule has 1 aliphatic heterocycles. The van der Waals surface area contributed by atoms with Gasteiger partial charge in [-0.25, -0.2) is 0 Å². The number of benzene rings is 3. The Balaban J connectivity index is 1.64. The minimum atomic E-state index is -0.379. The lowest BCUT2D eigenvalue weighted by atomic mass is 9.78. The fourth-order valence-electron chi connectivity index (χ4n) is 4.49. The summed E-state index contributed by atoms with van der Waals surface area (Å²) in [6.07, 6.45) is 1.08.